The van der Waals surface area contributed by atoms with E-state index in [2.05, 4.69) is 24.5 Å². The number of hydrogen-bond acceptors (Lipinski definition) is 3. The number of sulfonamides is 1. The summed E-state index contributed by atoms with van der Waals surface area (Å²) < 4.78 is 27.4. The molecule has 2 aromatic carbocycles. The third kappa shape index (κ3) is 5.65. The Morgan fingerprint density at radius 3 is 2.48 bits per heavy atom. The Bertz CT molecular complexity index is 923. The van der Waals surface area contributed by atoms with E-state index in [4.69, 9.17) is 0 Å². The average Bonchev–Trinajstić information content (AvgIpc) is 2.73. The summed E-state index contributed by atoms with van der Waals surface area (Å²) in [5, 5.41) is 2.98. The van der Waals surface area contributed by atoms with E-state index < -0.39 is 10.0 Å². The Kier molecular flexibility index (Phi) is 7.05. The first-order valence-electron chi connectivity index (χ1n) is 10.1. The van der Waals surface area contributed by atoms with Crippen LogP contribution in [-0.2, 0) is 16.4 Å². The van der Waals surface area contributed by atoms with Crippen LogP contribution in [0.5, 0.6) is 0 Å². The number of quaternary nitrogens is 1. The van der Waals surface area contributed by atoms with Crippen molar-refractivity contribution >= 4 is 15.9 Å². The number of piperazine rings is 1. The third-order valence-electron chi connectivity index (χ3n) is 5.40. The maximum Gasteiger partial charge on any atom is 0.251 e. The van der Waals surface area contributed by atoms with Gasteiger partial charge in [0.15, 0.2) is 0 Å². The zero-order valence-electron chi connectivity index (χ0n) is 17.1. The summed E-state index contributed by atoms with van der Waals surface area (Å²) in [5.41, 5.74) is 1.60. The fourth-order valence-corrected chi connectivity index (χ4v) is 4.95. The summed E-state index contributed by atoms with van der Waals surface area (Å²) in [6, 6.07) is 16.5. The maximum atomic E-state index is 12.9. The van der Waals surface area contributed by atoms with Crippen LogP contribution in [0.2, 0.25) is 0 Å². The Labute approximate surface area is 173 Å². The van der Waals surface area contributed by atoms with Crippen LogP contribution in [0, 0.1) is 0 Å². The smallest absolute Gasteiger partial charge is 0.251 e. The van der Waals surface area contributed by atoms with E-state index in [0.717, 1.165) is 25.9 Å². The molecule has 0 saturated carbocycles. The number of aryl methyl sites for hydroxylation is 1. The minimum Gasteiger partial charge on any atom is -0.350 e. The molecule has 0 unspecified atom stereocenters. The molecule has 7 heteroatoms. The fraction of sp³-hybridized carbons (Fsp3) is 0.409. The zero-order chi connectivity index (χ0) is 20.9. The summed E-state index contributed by atoms with van der Waals surface area (Å²) in [7, 11) is -1.51. The van der Waals surface area contributed by atoms with Crippen LogP contribution in [0.1, 0.15) is 29.3 Å². The van der Waals surface area contributed by atoms with Crippen molar-refractivity contribution in [2.24, 2.45) is 0 Å². The van der Waals surface area contributed by atoms with Crippen molar-refractivity contribution in [3.63, 3.8) is 0 Å². The molecule has 0 spiro atoms. The molecule has 0 bridgehead atoms. The van der Waals surface area contributed by atoms with E-state index in [1.807, 2.05) is 25.1 Å². The van der Waals surface area contributed by atoms with Crippen LogP contribution in [0.25, 0.3) is 0 Å². The normalized spacial score (nSPS) is 17.0. The Hall–Kier alpha value is -2.22. The quantitative estimate of drug-likeness (QED) is 0.706. The van der Waals surface area contributed by atoms with E-state index in [9.17, 15) is 13.2 Å². The van der Waals surface area contributed by atoms with Gasteiger partial charge in [0, 0.05) is 11.6 Å². The summed E-state index contributed by atoms with van der Waals surface area (Å²) in [5.74, 6) is -0.245. The van der Waals surface area contributed by atoms with Gasteiger partial charge >= 0.3 is 0 Å². The second-order valence-electron chi connectivity index (χ2n) is 7.79. The molecule has 1 saturated heterocycles. The van der Waals surface area contributed by atoms with Gasteiger partial charge in [0.25, 0.3) is 5.91 Å². The van der Waals surface area contributed by atoms with E-state index in [1.165, 1.54) is 20.8 Å². The van der Waals surface area contributed by atoms with Crippen LogP contribution < -0.4 is 10.2 Å². The molecular formula is C22H30N3O3S+. The molecule has 1 heterocycles. The highest BCUT2D eigenvalue weighted by atomic mass is 32.2. The van der Waals surface area contributed by atoms with E-state index in [0.29, 0.717) is 18.7 Å². The minimum absolute atomic E-state index is 0.0106. The molecule has 1 aliphatic heterocycles. The average molecular weight is 417 g/mol. The first kappa shape index (κ1) is 21.5. The zero-order valence-corrected chi connectivity index (χ0v) is 17.9. The van der Waals surface area contributed by atoms with Gasteiger partial charge in [0.05, 0.1) is 38.1 Å². The lowest BCUT2D eigenvalue weighted by Gasteiger charge is -2.29. The molecule has 1 atom stereocenters. The summed E-state index contributed by atoms with van der Waals surface area (Å²) in [6.45, 7) is 4.55. The van der Waals surface area contributed by atoms with Crippen molar-refractivity contribution in [3.8, 4) is 0 Å². The van der Waals surface area contributed by atoms with E-state index in [1.54, 1.807) is 18.2 Å². The van der Waals surface area contributed by atoms with Gasteiger partial charge in [0.2, 0.25) is 10.0 Å². The van der Waals surface area contributed by atoms with Crippen LogP contribution in [0.4, 0.5) is 0 Å². The maximum absolute atomic E-state index is 12.9. The fourth-order valence-electron chi connectivity index (χ4n) is 3.46. The van der Waals surface area contributed by atoms with Gasteiger partial charge in [-0.3, -0.25) is 4.79 Å². The number of rotatable bonds is 7. The predicted molar refractivity (Wildman–Crippen MR) is 114 cm³/mol. The standard InChI is InChI=1S/C22H29N3O3S/c1-18(11-12-19-7-4-3-5-8-19)23-22(26)20-9-6-10-21(17-20)29(27,28)25-15-13-24(2)14-16-25/h3-10,17-18H,11-16H2,1-2H3,(H,23,26)/p+1/t18-/m0/s1. The lowest BCUT2D eigenvalue weighted by Crippen LogP contribution is -3.12. The molecule has 0 radical (unpaired) electrons. The molecule has 6 nitrogen and oxygen atoms in total. The molecule has 29 heavy (non-hydrogen) atoms. The molecule has 0 aromatic heterocycles. The third-order valence-corrected chi connectivity index (χ3v) is 7.29. The number of amides is 1. The molecule has 2 aromatic rings. The van der Waals surface area contributed by atoms with Crippen molar-refractivity contribution in [2.75, 3.05) is 33.2 Å². The highest BCUT2D eigenvalue weighted by Crippen LogP contribution is 2.17. The summed E-state index contributed by atoms with van der Waals surface area (Å²) in [6.07, 6.45) is 1.69. The van der Waals surface area contributed by atoms with Crippen molar-refractivity contribution in [2.45, 2.75) is 30.7 Å². The molecule has 1 aliphatic rings. The Morgan fingerprint density at radius 1 is 1.10 bits per heavy atom. The summed E-state index contributed by atoms with van der Waals surface area (Å²) in [4.78, 5) is 14.2. The molecule has 2 N–H and O–H groups in total. The SMILES string of the molecule is C[C@@H](CCc1ccccc1)NC(=O)c1cccc(S(=O)(=O)N2CC[NH+](C)CC2)c1. The largest absolute Gasteiger partial charge is 0.350 e. The van der Waals surface area contributed by atoms with E-state index in [-0.39, 0.29) is 16.8 Å². The second kappa shape index (κ2) is 9.52. The molecule has 1 fully saturated rings. The van der Waals surface area contributed by atoms with Crippen LogP contribution in [0.3, 0.4) is 0 Å². The molecule has 1 amide bonds. The molecule has 0 aliphatic carbocycles. The number of benzene rings is 2. The highest BCUT2D eigenvalue weighted by Gasteiger charge is 2.29. The number of nitrogens with one attached hydrogen (secondary N) is 2. The Morgan fingerprint density at radius 2 is 1.79 bits per heavy atom. The van der Waals surface area contributed by atoms with Gasteiger partial charge in [-0.25, -0.2) is 8.42 Å². The number of hydrogen-bond donors (Lipinski definition) is 2. The van der Waals surface area contributed by atoms with Crippen molar-refractivity contribution in [3.05, 3.63) is 65.7 Å². The van der Waals surface area contributed by atoms with Crippen molar-refractivity contribution in [1.82, 2.24) is 9.62 Å². The van der Waals surface area contributed by atoms with Gasteiger partial charge in [-0.15, -0.1) is 0 Å². The van der Waals surface area contributed by atoms with Gasteiger partial charge in [0.1, 0.15) is 0 Å². The summed E-state index contributed by atoms with van der Waals surface area (Å²) >= 11 is 0. The second-order valence-corrected chi connectivity index (χ2v) is 9.73. The molecule has 3 rings (SSSR count). The molecule has 156 valence electrons. The minimum atomic E-state index is -3.58. The van der Waals surface area contributed by atoms with Crippen LogP contribution >= 0.6 is 0 Å². The number of carbonyl (C=O) groups excluding carboxylic acids is 1. The number of carbonyl (C=O) groups is 1. The van der Waals surface area contributed by atoms with Gasteiger partial charge in [-0.05, 0) is 43.5 Å². The first-order chi connectivity index (χ1) is 13.9. The van der Waals surface area contributed by atoms with E-state index >= 15 is 0 Å². The van der Waals surface area contributed by atoms with Crippen molar-refractivity contribution < 1.29 is 18.1 Å². The topological polar surface area (TPSA) is 70.9 Å². The van der Waals surface area contributed by atoms with Gasteiger partial charge in [-0.2, -0.15) is 4.31 Å². The lowest BCUT2D eigenvalue weighted by molar-refractivity contribution is -0.883. The first-order valence-corrected chi connectivity index (χ1v) is 11.6. The monoisotopic (exact) mass is 416 g/mol. The Balaban J connectivity index is 1.63. The van der Waals surface area contributed by atoms with Crippen LogP contribution in [-0.4, -0.2) is 57.9 Å². The van der Waals surface area contributed by atoms with Gasteiger partial charge < -0.3 is 10.2 Å². The van der Waals surface area contributed by atoms with Crippen LogP contribution in [0.15, 0.2) is 59.5 Å². The highest BCUT2D eigenvalue weighted by molar-refractivity contribution is 7.89. The van der Waals surface area contributed by atoms with Crippen molar-refractivity contribution in [1.29, 1.82) is 0 Å². The lowest BCUT2D eigenvalue weighted by atomic mass is 10.1. The number of likely N-dealkylation sites (N-methyl/N-ethyl adjacent to an activating group) is 1. The van der Waals surface area contributed by atoms with Gasteiger partial charge in [-0.1, -0.05) is 36.4 Å². The molecular weight excluding hydrogens is 386 g/mol. The predicted octanol–water partition coefficient (Wildman–Crippen LogP) is 0.957. The number of nitrogens with zero attached hydrogens (tertiary/aromatic N) is 1.